The summed E-state index contributed by atoms with van der Waals surface area (Å²) in [6.45, 7) is 3.79. The number of methoxy groups -OCH3 is 1. The maximum atomic E-state index is 13.0. The average molecular weight is 368 g/mol. The van der Waals surface area contributed by atoms with Crippen LogP contribution in [0.15, 0.2) is 51.4 Å². The fraction of sp³-hybridized carbons (Fsp3) is 0.190. The van der Waals surface area contributed by atoms with Crippen molar-refractivity contribution in [1.29, 1.82) is 0 Å². The second-order valence-electron chi connectivity index (χ2n) is 6.44. The van der Waals surface area contributed by atoms with Crippen LogP contribution in [0.5, 0.6) is 23.0 Å². The Kier molecular flexibility index (Phi) is 4.81. The Balaban J connectivity index is 2.25. The highest BCUT2D eigenvalue weighted by atomic mass is 16.5. The van der Waals surface area contributed by atoms with Crippen LogP contribution in [-0.2, 0) is 6.42 Å². The molecule has 0 aliphatic carbocycles. The van der Waals surface area contributed by atoms with Gasteiger partial charge in [-0.3, -0.25) is 4.79 Å². The largest absolute Gasteiger partial charge is 0.507 e. The van der Waals surface area contributed by atoms with Crippen LogP contribution < -0.4 is 10.2 Å². The van der Waals surface area contributed by atoms with E-state index in [1.54, 1.807) is 6.07 Å². The van der Waals surface area contributed by atoms with Crippen molar-refractivity contribution in [3.8, 4) is 34.1 Å². The molecule has 27 heavy (non-hydrogen) atoms. The van der Waals surface area contributed by atoms with E-state index in [0.29, 0.717) is 5.75 Å². The molecule has 3 aromatic rings. The van der Waals surface area contributed by atoms with Gasteiger partial charge in [0.05, 0.1) is 12.7 Å². The minimum absolute atomic E-state index is 0.0438. The Labute approximate surface area is 155 Å². The molecule has 0 amide bonds. The summed E-state index contributed by atoms with van der Waals surface area (Å²) in [4.78, 5) is 13.0. The standard InChI is InChI=1S/C21H20O6/c1-11(2)4-6-14-17(23)9-18-19(20(14)24)21(25)15(10-27-18)13-7-5-12(26-3)8-16(13)22/h4-5,7-10,22-24H,6H2,1-3H3. The molecule has 140 valence electrons. The molecule has 0 saturated carbocycles. The molecular weight excluding hydrogens is 348 g/mol. The summed E-state index contributed by atoms with van der Waals surface area (Å²) < 4.78 is 10.5. The summed E-state index contributed by atoms with van der Waals surface area (Å²) >= 11 is 0. The molecular formula is C21H20O6. The van der Waals surface area contributed by atoms with E-state index in [4.69, 9.17) is 9.15 Å². The van der Waals surface area contributed by atoms with Gasteiger partial charge in [-0.1, -0.05) is 11.6 Å². The number of ether oxygens (including phenoxy) is 1. The third kappa shape index (κ3) is 3.33. The lowest BCUT2D eigenvalue weighted by Crippen LogP contribution is -2.06. The molecule has 0 atom stereocenters. The summed E-state index contributed by atoms with van der Waals surface area (Å²) in [6, 6.07) is 5.83. The molecule has 1 aromatic heterocycles. The van der Waals surface area contributed by atoms with E-state index < -0.39 is 5.43 Å². The first kappa shape index (κ1) is 18.4. The zero-order valence-corrected chi connectivity index (χ0v) is 15.2. The van der Waals surface area contributed by atoms with Gasteiger partial charge in [-0.05, 0) is 32.4 Å². The minimum atomic E-state index is -0.507. The van der Waals surface area contributed by atoms with E-state index in [0.717, 1.165) is 5.57 Å². The first-order valence-electron chi connectivity index (χ1n) is 8.33. The van der Waals surface area contributed by atoms with Crippen molar-refractivity contribution in [2.24, 2.45) is 0 Å². The van der Waals surface area contributed by atoms with Crippen LogP contribution in [0.4, 0.5) is 0 Å². The van der Waals surface area contributed by atoms with Crippen LogP contribution in [0.2, 0.25) is 0 Å². The molecule has 0 fully saturated rings. The Morgan fingerprint density at radius 1 is 1.11 bits per heavy atom. The lowest BCUT2D eigenvalue weighted by atomic mass is 10.0. The van der Waals surface area contributed by atoms with Crippen molar-refractivity contribution in [2.75, 3.05) is 7.11 Å². The third-order valence-corrected chi connectivity index (χ3v) is 4.33. The van der Waals surface area contributed by atoms with Crippen molar-refractivity contribution in [3.63, 3.8) is 0 Å². The van der Waals surface area contributed by atoms with Gasteiger partial charge in [-0.25, -0.2) is 0 Å². The highest BCUT2D eigenvalue weighted by Gasteiger charge is 2.19. The van der Waals surface area contributed by atoms with Gasteiger partial charge < -0.3 is 24.5 Å². The molecule has 0 saturated heterocycles. The molecule has 3 rings (SSSR count). The minimum Gasteiger partial charge on any atom is -0.507 e. The van der Waals surface area contributed by atoms with E-state index in [2.05, 4.69) is 0 Å². The lowest BCUT2D eigenvalue weighted by molar-refractivity contribution is 0.408. The van der Waals surface area contributed by atoms with E-state index >= 15 is 0 Å². The zero-order chi connectivity index (χ0) is 19.7. The van der Waals surface area contributed by atoms with Crippen molar-refractivity contribution in [1.82, 2.24) is 0 Å². The van der Waals surface area contributed by atoms with E-state index in [-0.39, 0.29) is 51.3 Å². The number of phenols is 3. The van der Waals surface area contributed by atoms with Crippen LogP contribution in [0.1, 0.15) is 19.4 Å². The quantitative estimate of drug-likeness (QED) is 0.600. The maximum Gasteiger partial charge on any atom is 0.204 e. The third-order valence-electron chi connectivity index (χ3n) is 4.33. The molecule has 0 bridgehead atoms. The molecule has 6 heteroatoms. The summed E-state index contributed by atoms with van der Waals surface area (Å²) in [5.74, 6) is -0.186. The number of hydrogen-bond donors (Lipinski definition) is 3. The number of hydrogen-bond acceptors (Lipinski definition) is 6. The highest BCUT2D eigenvalue weighted by Crippen LogP contribution is 2.37. The van der Waals surface area contributed by atoms with Crippen LogP contribution in [-0.4, -0.2) is 22.4 Å². The average Bonchev–Trinajstić information content (AvgIpc) is 2.61. The van der Waals surface area contributed by atoms with E-state index in [1.165, 1.54) is 31.6 Å². The summed E-state index contributed by atoms with van der Waals surface area (Å²) in [5, 5.41) is 31.0. The topological polar surface area (TPSA) is 100 Å². The van der Waals surface area contributed by atoms with Crippen molar-refractivity contribution >= 4 is 11.0 Å². The molecule has 0 spiro atoms. The molecule has 0 aliphatic heterocycles. The SMILES string of the molecule is COc1ccc(-c2coc3cc(O)c(CC=C(C)C)c(O)c3c2=O)c(O)c1. The van der Waals surface area contributed by atoms with Crippen LogP contribution in [0.3, 0.4) is 0 Å². The zero-order valence-electron chi connectivity index (χ0n) is 15.2. The van der Waals surface area contributed by atoms with Gasteiger partial charge in [0.2, 0.25) is 5.43 Å². The van der Waals surface area contributed by atoms with Crippen LogP contribution >= 0.6 is 0 Å². The van der Waals surface area contributed by atoms with Gasteiger partial charge in [0.1, 0.15) is 40.2 Å². The second kappa shape index (κ2) is 7.07. The van der Waals surface area contributed by atoms with Gasteiger partial charge in [0, 0.05) is 23.3 Å². The molecule has 2 aromatic carbocycles. The molecule has 0 unspecified atom stereocenters. The van der Waals surface area contributed by atoms with E-state index in [1.807, 2.05) is 19.9 Å². The van der Waals surface area contributed by atoms with Gasteiger partial charge in [0.15, 0.2) is 0 Å². The molecule has 1 heterocycles. The Morgan fingerprint density at radius 2 is 1.85 bits per heavy atom. The van der Waals surface area contributed by atoms with Gasteiger partial charge in [-0.2, -0.15) is 0 Å². The number of phenolic OH excluding ortho intramolecular Hbond substituents is 3. The molecule has 3 N–H and O–H groups in total. The predicted molar refractivity (Wildman–Crippen MR) is 103 cm³/mol. The monoisotopic (exact) mass is 368 g/mol. The first-order chi connectivity index (χ1) is 12.8. The number of allylic oxidation sites excluding steroid dienone is 2. The summed E-state index contributed by atoms with van der Waals surface area (Å²) in [7, 11) is 1.47. The van der Waals surface area contributed by atoms with Gasteiger partial charge >= 0.3 is 0 Å². The van der Waals surface area contributed by atoms with Gasteiger partial charge in [0.25, 0.3) is 0 Å². The Morgan fingerprint density at radius 3 is 2.48 bits per heavy atom. The smallest absolute Gasteiger partial charge is 0.204 e. The summed E-state index contributed by atoms with van der Waals surface area (Å²) in [5.41, 5.74) is 1.16. The van der Waals surface area contributed by atoms with Crippen LogP contribution in [0, 0.1) is 0 Å². The molecule has 0 aliphatic rings. The number of aromatic hydroxyl groups is 3. The summed E-state index contributed by atoms with van der Waals surface area (Å²) in [6.07, 6.45) is 3.30. The number of fused-ring (bicyclic) bond motifs is 1. The molecule has 0 radical (unpaired) electrons. The molecule has 6 nitrogen and oxygen atoms in total. The fourth-order valence-electron chi connectivity index (χ4n) is 2.85. The van der Waals surface area contributed by atoms with Crippen molar-refractivity contribution < 1.29 is 24.5 Å². The first-order valence-corrected chi connectivity index (χ1v) is 8.33. The van der Waals surface area contributed by atoms with Crippen LogP contribution in [0.25, 0.3) is 22.1 Å². The van der Waals surface area contributed by atoms with Gasteiger partial charge in [-0.15, -0.1) is 0 Å². The predicted octanol–water partition coefficient (Wildman–Crippen LogP) is 4.09. The maximum absolute atomic E-state index is 13.0. The Hall–Kier alpha value is -3.41. The second-order valence-corrected chi connectivity index (χ2v) is 6.44. The van der Waals surface area contributed by atoms with Crippen molar-refractivity contribution in [3.05, 3.63) is 58.0 Å². The normalized spacial score (nSPS) is 10.8. The van der Waals surface area contributed by atoms with E-state index in [9.17, 15) is 20.1 Å². The fourth-order valence-corrected chi connectivity index (χ4v) is 2.85. The lowest BCUT2D eigenvalue weighted by Gasteiger charge is -2.11. The van der Waals surface area contributed by atoms with Crippen molar-refractivity contribution in [2.45, 2.75) is 20.3 Å². The number of rotatable bonds is 4. The highest BCUT2D eigenvalue weighted by molar-refractivity contribution is 5.90. The Bertz CT molecular complexity index is 1100. The number of benzene rings is 2.